The normalized spacial score (nSPS) is 11.4. The van der Waals surface area contributed by atoms with Crippen LogP contribution in [0.5, 0.6) is 11.5 Å². The van der Waals surface area contributed by atoms with Crippen LogP contribution in [0.15, 0.2) is 36.7 Å². The molecule has 2 aromatic heterocycles. The average molecular weight is 479 g/mol. The number of hydrogen-bond acceptors (Lipinski definition) is 9. The Morgan fingerprint density at radius 2 is 1.97 bits per heavy atom. The van der Waals surface area contributed by atoms with Gasteiger partial charge in [0.15, 0.2) is 23.0 Å². The second-order valence-electron chi connectivity index (χ2n) is 6.56. The number of ether oxygens (including phenoxy) is 2. The highest BCUT2D eigenvalue weighted by molar-refractivity contribution is 5.70. The first-order valence-electron chi connectivity index (χ1n) is 9.54. The molecule has 180 valence electrons. The lowest BCUT2D eigenvalue weighted by Crippen LogP contribution is -2.56. The predicted molar refractivity (Wildman–Crippen MR) is 110 cm³/mol. The SMILES string of the molecule is COc1cc(-c2cc(Nc3cnc(C#N)cn3)n[nH]2)ccc1O[C@@H](C)C[NH3+].O=C([O-])C(F)(F)F. The lowest BCUT2D eigenvalue weighted by atomic mass is 10.1. The van der Waals surface area contributed by atoms with Crippen molar-refractivity contribution < 1.29 is 38.3 Å². The zero-order chi connectivity index (χ0) is 25.3. The van der Waals surface area contributed by atoms with E-state index >= 15 is 0 Å². The van der Waals surface area contributed by atoms with Crippen LogP contribution in [0.3, 0.4) is 0 Å². The number of halogens is 3. The van der Waals surface area contributed by atoms with E-state index in [1.807, 2.05) is 37.3 Å². The van der Waals surface area contributed by atoms with Gasteiger partial charge in [-0.15, -0.1) is 0 Å². The molecule has 14 heteroatoms. The largest absolute Gasteiger partial charge is 0.542 e. The third-order valence-electron chi connectivity index (χ3n) is 4.04. The van der Waals surface area contributed by atoms with Crippen LogP contribution in [0.2, 0.25) is 0 Å². The molecule has 1 atom stereocenters. The van der Waals surface area contributed by atoms with Gasteiger partial charge >= 0.3 is 6.18 Å². The van der Waals surface area contributed by atoms with Gasteiger partial charge in [0.2, 0.25) is 0 Å². The first-order chi connectivity index (χ1) is 16.1. The molecule has 2 heterocycles. The lowest BCUT2D eigenvalue weighted by molar-refractivity contribution is -0.380. The van der Waals surface area contributed by atoms with Gasteiger partial charge in [0.1, 0.15) is 30.5 Å². The number of carbonyl (C=O) groups is 1. The summed E-state index contributed by atoms with van der Waals surface area (Å²) in [6.07, 6.45) is -2.32. The molecule has 0 aliphatic heterocycles. The van der Waals surface area contributed by atoms with Crippen molar-refractivity contribution >= 4 is 17.6 Å². The van der Waals surface area contributed by atoms with E-state index in [-0.39, 0.29) is 11.8 Å². The topological polar surface area (TPSA) is 177 Å². The van der Waals surface area contributed by atoms with Gasteiger partial charge in [-0.3, -0.25) is 5.10 Å². The summed E-state index contributed by atoms with van der Waals surface area (Å²) in [5.74, 6) is -0.630. The van der Waals surface area contributed by atoms with Gasteiger partial charge in [-0.05, 0) is 25.1 Å². The molecular formula is C20H20F3N7O4. The minimum atomic E-state index is -5.19. The van der Waals surface area contributed by atoms with Crippen LogP contribution in [0.4, 0.5) is 24.8 Å². The van der Waals surface area contributed by atoms with Gasteiger partial charge in [-0.2, -0.15) is 23.5 Å². The highest BCUT2D eigenvalue weighted by Gasteiger charge is 2.28. The van der Waals surface area contributed by atoms with Crippen LogP contribution in [-0.4, -0.2) is 52.1 Å². The van der Waals surface area contributed by atoms with Gasteiger partial charge < -0.3 is 30.4 Å². The number of carboxylic acid groups (broad SMARTS) is 1. The summed E-state index contributed by atoms with van der Waals surface area (Å²) >= 11 is 0. The Kier molecular flexibility index (Phi) is 8.73. The average Bonchev–Trinajstić information content (AvgIpc) is 3.28. The van der Waals surface area contributed by atoms with Crippen LogP contribution in [0, 0.1) is 11.3 Å². The number of carbonyl (C=O) groups excluding carboxylic acids is 1. The van der Waals surface area contributed by atoms with Crippen LogP contribution >= 0.6 is 0 Å². The number of nitriles is 1. The molecule has 0 unspecified atom stereocenters. The Morgan fingerprint density at radius 1 is 1.26 bits per heavy atom. The van der Waals surface area contributed by atoms with Crippen molar-refractivity contribution in [3.63, 3.8) is 0 Å². The molecule has 0 saturated heterocycles. The summed E-state index contributed by atoms with van der Waals surface area (Å²) in [7, 11) is 1.60. The van der Waals surface area contributed by atoms with Gasteiger partial charge in [-0.1, -0.05) is 0 Å². The van der Waals surface area contributed by atoms with Crippen LogP contribution in [0.1, 0.15) is 12.6 Å². The quantitative estimate of drug-likeness (QED) is 0.442. The number of hydrogen-bond donors (Lipinski definition) is 3. The summed E-state index contributed by atoms with van der Waals surface area (Å²) in [6, 6.07) is 9.43. The first kappa shape index (κ1) is 25.9. The second-order valence-corrected chi connectivity index (χ2v) is 6.56. The van der Waals surface area contributed by atoms with Crippen molar-refractivity contribution in [2.45, 2.75) is 19.2 Å². The summed E-state index contributed by atoms with van der Waals surface area (Å²) in [5.41, 5.74) is 5.79. The van der Waals surface area contributed by atoms with Crippen LogP contribution < -0.4 is 25.6 Å². The molecule has 1 aromatic carbocycles. The standard InChI is InChI=1S/C18H19N7O2.C2HF3O2/c1-11(7-19)27-15-4-3-12(5-16(15)26-2)14-6-17(25-24-14)23-18-10-21-13(8-20)9-22-18;3-2(4,5)1(6)7/h3-6,9-11H,7,19H2,1-2H3,(H2,22,23,24,25);(H,6,7)/t11-;/m0./s1. The van der Waals surface area contributed by atoms with Crippen molar-refractivity contribution in [1.29, 1.82) is 5.26 Å². The fourth-order valence-corrected chi connectivity index (χ4v) is 2.32. The number of nitrogens with zero attached hydrogens (tertiary/aromatic N) is 4. The summed E-state index contributed by atoms with van der Waals surface area (Å²) < 4.78 is 42.8. The second kappa shape index (κ2) is 11.5. The zero-order valence-corrected chi connectivity index (χ0v) is 18.0. The molecule has 34 heavy (non-hydrogen) atoms. The number of methoxy groups -OCH3 is 1. The van der Waals surface area contributed by atoms with E-state index in [1.54, 1.807) is 7.11 Å². The minimum Gasteiger partial charge on any atom is -0.542 e. The number of nitrogens with one attached hydrogen (secondary N) is 2. The molecule has 0 saturated carbocycles. The van der Waals surface area contributed by atoms with Crippen LogP contribution in [-0.2, 0) is 4.79 Å². The molecule has 0 amide bonds. The highest BCUT2D eigenvalue weighted by Crippen LogP contribution is 2.33. The van der Waals surface area contributed by atoms with Crippen molar-refractivity contribution in [2.24, 2.45) is 0 Å². The molecule has 3 rings (SSSR count). The van der Waals surface area contributed by atoms with Crippen LogP contribution in [0.25, 0.3) is 11.3 Å². The highest BCUT2D eigenvalue weighted by atomic mass is 19.4. The Labute approximate surface area is 191 Å². The van der Waals surface area contributed by atoms with E-state index in [1.165, 1.54) is 12.4 Å². The number of benzene rings is 1. The van der Waals surface area contributed by atoms with Gasteiger partial charge in [0.05, 0.1) is 25.2 Å². The lowest BCUT2D eigenvalue weighted by Gasteiger charge is -2.14. The number of carboxylic acids is 1. The maximum absolute atomic E-state index is 10.5. The van der Waals surface area contributed by atoms with Gasteiger partial charge in [0.25, 0.3) is 0 Å². The van der Waals surface area contributed by atoms with E-state index in [9.17, 15) is 13.2 Å². The Bertz CT molecular complexity index is 1140. The van der Waals surface area contributed by atoms with Crippen molar-refractivity contribution in [3.05, 3.63) is 42.4 Å². The Hall–Kier alpha value is -4.38. The first-order valence-corrected chi connectivity index (χ1v) is 9.54. The number of aliphatic carboxylic acids is 1. The monoisotopic (exact) mass is 479 g/mol. The molecule has 0 bridgehead atoms. The number of H-pyrrole nitrogens is 1. The summed E-state index contributed by atoms with van der Waals surface area (Å²) in [5, 5.41) is 27.8. The molecule has 0 aliphatic carbocycles. The fourth-order valence-electron chi connectivity index (χ4n) is 2.32. The van der Waals surface area contributed by atoms with Crippen molar-refractivity contribution in [1.82, 2.24) is 20.2 Å². The molecule has 5 N–H and O–H groups in total. The number of rotatable bonds is 7. The number of quaternary nitrogens is 1. The molecule has 0 aliphatic rings. The molecule has 0 fully saturated rings. The smallest absolute Gasteiger partial charge is 0.430 e. The molecular weight excluding hydrogens is 459 g/mol. The van der Waals surface area contributed by atoms with Crippen molar-refractivity contribution in [3.8, 4) is 28.8 Å². The maximum Gasteiger partial charge on any atom is 0.430 e. The molecule has 0 spiro atoms. The maximum atomic E-state index is 10.5. The summed E-state index contributed by atoms with van der Waals surface area (Å²) in [4.78, 5) is 16.9. The van der Waals surface area contributed by atoms with E-state index < -0.39 is 12.1 Å². The van der Waals surface area contributed by atoms with E-state index in [0.717, 1.165) is 11.3 Å². The predicted octanol–water partition coefficient (Wildman–Crippen LogP) is 0.798. The number of anilines is 2. The van der Waals surface area contributed by atoms with Gasteiger partial charge in [-0.25, -0.2) is 9.97 Å². The minimum absolute atomic E-state index is 0.00115. The zero-order valence-electron chi connectivity index (χ0n) is 18.0. The van der Waals surface area contributed by atoms with Crippen molar-refractivity contribution in [2.75, 3.05) is 19.0 Å². The molecule has 11 nitrogen and oxygen atoms in total. The van der Waals surface area contributed by atoms with Gasteiger partial charge in [0, 0.05) is 11.6 Å². The Morgan fingerprint density at radius 3 is 2.50 bits per heavy atom. The number of aromatic amines is 1. The third kappa shape index (κ3) is 7.35. The molecule has 0 radical (unpaired) electrons. The third-order valence-corrected chi connectivity index (χ3v) is 4.04. The van der Waals surface area contributed by atoms with E-state index in [4.69, 9.17) is 24.6 Å². The van der Waals surface area contributed by atoms with E-state index in [0.29, 0.717) is 29.7 Å². The van der Waals surface area contributed by atoms with E-state index in [2.05, 4.69) is 31.2 Å². The summed E-state index contributed by atoms with van der Waals surface area (Å²) in [6.45, 7) is 2.62. The fraction of sp³-hybridized carbons (Fsp3) is 0.250. The Balaban J connectivity index is 0.000000509. The number of aromatic nitrogens is 4. The molecule has 3 aromatic rings. The number of alkyl halides is 3.